The summed E-state index contributed by atoms with van der Waals surface area (Å²) in [6.07, 6.45) is 2.17. The van der Waals surface area contributed by atoms with Crippen molar-refractivity contribution in [3.63, 3.8) is 0 Å². The topological polar surface area (TPSA) is 67.9 Å². The predicted octanol–water partition coefficient (Wildman–Crippen LogP) is 3.10. The van der Waals surface area contributed by atoms with Crippen LogP contribution in [-0.2, 0) is 20.7 Å². The molecule has 1 aliphatic heterocycles. The van der Waals surface area contributed by atoms with Gasteiger partial charge in [-0.15, -0.1) is 0 Å². The molecule has 2 atom stereocenters. The second-order valence-corrected chi connectivity index (χ2v) is 8.27. The van der Waals surface area contributed by atoms with E-state index in [9.17, 15) is 9.59 Å². The maximum atomic E-state index is 13.1. The number of nitrogens with one attached hydrogen (secondary N) is 1. The average molecular weight is 423 g/mol. The van der Waals surface area contributed by atoms with E-state index in [4.69, 9.17) is 9.47 Å². The molecule has 164 valence electrons. The first-order valence-electron chi connectivity index (χ1n) is 11.0. The Labute approximate surface area is 183 Å². The van der Waals surface area contributed by atoms with E-state index >= 15 is 0 Å². The molecule has 2 unspecified atom stereocenters. The SMILES string of the molecule is COCCNC(=O)C(C)Oc1ccc2c(c1)C(c1ccccc1)N(C(=O)C1CC1)CC2. The Kier molecular flexibility index (Phi) is 6.56. The molecule has 2 amide bonds. The minimum atomic E-state index is -0.627. The molecule has 2 aliphatic rings. The van der Waals surface area contributed by atoms with Crippen LogP contribution in [0, 0.1) is 5.92 Å². The second-order valence-electron chi connectivity index (χ2n) is 8.27. The van der Waals surface area contributed by atoms with Gasteiger partial charge in [0.2, 0.25) is 5.91 Å². The Bertz CT molecular complexity index is 926. The zero-order chi connectivity index (χ0) is 21.8. The Balaban J connectivity index is 1.59. The van der Waals surface area contributed by atoms with Gasteiger partial charge in [0.15, 0.2) is 6.10 Å². The summed E-state index contributed by atoms with van der Waals surface area (Å²) >= 11 is 0. The number of benzene rings is 2. The van der Waals surface area contributed by atoms with Crippen molar-refractivity contribution < 1.29 is 19.1 Å². The highest BCUT2D eigenvalue weighted by atomic mass is 16.5. The highest BCUT2D eigenvalue weighted by molar-refractivity contribution is 5.82. The Morgan fingerprint density at radius 2 is 1.94 bits per heavy atom. The number of ether oxygens (including phenoxy) is 2. The molecule has 0 aromatic heterocycles. The molecular formula is C25H30N2O4. The van der Waals surface area contributed by atoms with E-state index in [0.29, 0.717) is 18.9 Å². The molecule has 6 heteroatoms. The van der Waals surface area contributed by atoms with Crippen molar-refractivity contribution in [3.8, 4) is 5.75 Å². The van der Waals surface area contributed by atoms with E-state index in [-0.39, 0.29) is 23.8 Å². The van der Waals surface area contributed by atoms with E-state index in [0.717, 1.165) is 36.9 Å². The van der Waals surface area contributed by atoms with Gasteiger partial charge in [-0.2, -0.15) is 0 Å². The normalized spacial score (nSPS) is 18.8. The molecule has 1 fully saturated rings. The fourth-order valence-electron chi connectivity index (χ4n) is 4.14. The molecule has 1 aliphatic carbocycles. The number of amides is 2. The van der Waals surface area contributed by atoms with Crippen LogP contribution in [0.3, 0.4) is 0 Å². The van der Waals surface area contributed by atoms with Crippen LogP contribution in [-0.4, -0.2) is 49.6 Å². The molecule has 2 aromatic rings. The van der Waals surface area contributed by atoms with Crippen LogP contribution in [0.1, 0.15) is 42.5 Å². The van der Waals surface area contributed by atoms with Gasteiger partial charge in [-0.25, -0.2) is 0 Å². The number of fused-ring (bicyclic) bond motifs is 1. The predicted molar refractivity (Wildman–Crippen MR) is 118 cm³/mol. The molecule has 6 nitrogen and oxygen atoms in total. The quantitative estimate of drug-likeness (QED) is 0.664. The van der Waals surface area contributed by atoms with Crippen molar-refractivity contribution in [3.05, 3.63) is 65.2 Å². The third-order valence-corrected chi connectivity index (χ3v) is 5.96. The van der Waals surface area contributed by atoms with Gasteiger partial charge in [0, 0.05) is 26.1 Å². The zero-order valence-corrected chi connectivity index (χ0v) is 18.2. The monoisotopic (exact) mass is 422 g/mol. The fourth-order valence-corrected chi connectivity index (χ4v) is 4.14. The maximum absolute atomic E-state index is 13.1. The summed E-state index contributed by atoms with van der Waals surface area (Å²) < 4.78 is 10.9. The molecule has 0 bridgehead atoms. The molecule has 4 rings (SSSR count). The van der Waals surface area contributed by atoms with E-state index in [1.54, 1.807) is 14.0 Å². The van der Waals surface area contributed by atoms with E-state index in [2.05, 4.69) is 23.5 Å². The largest absolute Gasteiger partial charge is 0.481 e. The van der Waals surface area contributed by atoms with Crippen LogP contribution < -0.4 is 10.1 Å². The first kappa shape index (κ1) is 21.4. The lowest BCUT2D eigenvalue weighted by atomic mass is 9.87. The van der Waals surface area contributed by atoms with Gasteiger partial charge in [-0.1, -0.05) is 36.4 Å². The number of carbonyl (C=O) groups is 2. The van der Waals surface area contributed by atoms with Crippen LogP contribution in [0.2, 0.25) is 0 Å². The lowest BCUT2D eigenvalue weighted by molar-refractivity contribution is -0.134. The van der Waals surface area contributed by atoms with Gasteiger partial charge in [0.1, 0.15) is 5.75 Å². The molecule has 1 N–H and O–H groups in total. The summed E-state index contributed by atoms with van der Waals surface area (Å²) in [6, 6.07) is 16.0. The Hall–Kier alpha value is -2.86. The number of hydrogen-bond acceptors (Lipinski definition) is 4. The van der Waals surface area contributed by atoms with Crippen LogP contribution >= 0.6 is 0 Å². The van der Waals surface area contributed by atoms with Crippen LogP contribution in [0.4, 0.5) is 0 Å². The number of methoxy groups -OCH3 is 1. The molecule has 0 saturated heterocycles. The Morgan fingerprint density at radius 3 is 2.65 bits per heavy atom. The minimum Gasteiger partial charge on any atom is -0.481 e. The molecule has 31 heavy (non-hydrogen) atoms. The van der Waals surface area contributed by atoms with Crippen LogP contribution in [0.5, 0.6) is 5.75 Å². The molecule has 0 spiro atoms. The molecule has 1 saturated carbocycles. The van der Waals surface area contributed by atoms with Gasteiger partial charge in [-0.3, -0.25) is 9.59 Å². The molecule has 0 radical (unpaired) electrons. The summed E-state index contributed by atoms with van der Waals surface area (Å²) in [5, 5.41) is 2.80. The first-order valence-corrected chi connectivity index (χ1v) is 11.0. The minimum absolute atomic E-state index is 0.132. The van der Waals surface area contributed by atoms with Gasteiger partial charge >= 0.3 is 0 Å². The number of rotatable bonds is 8. The maximum Gasteiger partial charge on any atom is 0.260 e. The summed E-state index contributed by atoms with van der Waals surface area (Å²) in [5.74, 6) is 0.870. The lowest BCUT2D eigenvalue weighted by Crippen LogP contribution is -2.41. The van der Waals surface area contributed by atoms with Crippen molar-refractivity contribution in [2.45, 2.75) is 38.3 Å². The lowest BCUT2D eigenvalue weighted by Gasteiger charge is -2.38. The summed E-state index contributed by atoms with van der Waals surface area (Å²) in [6.45, 7) is 3.36. The standard InChI is InChI=1S/C25H30N2O4/c1-17(24(28)26-13-15-30-2)31-21-11-10-18-12-14-27(25(29)20-8-9-20)23(22(18)16-21)19-6-4-3-5-7-19/h3-7,10-11,16-17,20,23H,8-9,12-15H2,1-2H3,(H,26,28). The zero-order valence-electron chi connectivity index (χ0n) is 18.2. The summed E-state index contributed by atoms with van der Waals surface area (Å²) in [4.78, 5) is 27.4. The fraction of sp³-hybridized carbons (Fsp3) is 0.440. The number of hydrogen-bond donors (Lipinski definition) is 1. The highest BCUT2D eigenvalue weighted by Gasteiger charge is 2.39. The first-order chi connectivity index (χ1) is 15.1. The van der Waals surface area contributed by atoms with Crippen LogP contribution in [0.25, 0.3) is 0 Å². The third kappa shape index (κ3) is 4.90. The van der Waals surface area contributed by atoms with Gasteiger partial charge in [0.25, 0.3) is 5.91 Å². The van der Waals surface area contributed by atoms with Crippen molar-refractivity contribution in [2.24, 2.45) is 5.92 Å². The van der Waals surface area contributed by atoms with E-state index in [1.807, 2.05) is 35.2 Å². The van der Waals surface area contributed by atoms with Crippen molar-refractivity contribution in [2.75, 3.05) is 26.8 Å². The van der Waals surface area contributed by atoms with Gasteiger partial charge < -0.3 is 19.7 Å². The summed E-state index contributed by atoms with van der Waals surface area (Å²) in [5.41, 5.74) is 3.40. The number of nitrogens with zero attached hydrogens (tertiary/aromatic N) is 1. The second kappa shape index (κ2) is 9.52. The van der Waals surface area contributed by atoms with Gasteiger partial charge in [-0.05, 0) is 55.0 Å². The smallest absolute Gasteiger partial charge is 0.260 e. The van der Waals surface area contributed by atoms with Crippen LogP contribution in [0.15, 0.2) is 48.5 Å². The summed E-state index contributed by atoms with van der Waals surface area (Å²) in [7, 11) is 1.60. The highest BCUT2D eigenvalue weighted by Crippen LogP contribution is 2.41. The molecule has 2 aromatic carbocycles. The van der Waals surface area contributed by atoms with Crippen molar-refractivity contribution in [1.29, 1.82) is 0 Å². The van der Waals surface area contributed by atoms with Crippen molar-refractivity contribution in [1.82, 2.24) is 10.2 Å². The molecular weight excluding hydrogens is 392 g/mol. The average Bonchev–Trinajstić information content (AvgIpc) is 3.64. The van der Waals surface area contributed by atoms with Crippen molar-refractivity contribution >= 4 is 11.8 Å². The number of carbonyl (C=O) groups excluding carboxylic acids is 2. The van der Waals surface area contributed by atoms with E-state index < -0.39 is 6.10 Å². The molecule has 1 heterocycles. The van der Waals surface area contributed by atoms with Gasteiger partial charge in [0.05, 0.1) is 12.6 Å². The Morgan fingerprint density at radius 1 is 1.16 bits per heavy atom. The third-order valence-electron chi connectivity index (χ3n) is 5.96. The van der Waals surface area contributed by atoms with E-state index in [1.165, 1.54) is 5.56 Å².